The van der Waals surface area contributed by atoms with Gasteiger partial charge in [0, 0.05) is 11.1 Å². The predicted octanol–water partition coefficient (Wildman–Crippen LogP) is 4.55. The molecule has 2 nitrogen and oxygen atoms in total. The van der Waals surface area contributed by atoms with E-state index in [1.165, 1.54) is 0 Å². The Morgan fingerprint density at radius 3 is 1.86 bits per heavy atom. The molecular weight excluding hydrogens is 272 g/mol. The molecule has 22 heavy (non-hydrogen) atoms. The summed E-state index contributed by atoms with van der Waals surface area (Å²) in [6.45, 7) is 9.29. The lowest BCUT2D eigenvalue weighted by Gasteiger charge is -2.04. The Balaban J connectivity index is 2.05. The Morgan fingerprint density at radius 1 is 0.864 bits per heavy atom. The van der Waals surface area contributed by atoms with Gasteiger partial charge in [-0.25, -0.2) is 0 Å². The third-order valence-electron chi connectivity index (χ3n) is 3.04. The van der Waals surface area contributed by atoms with Crippen LogP contribution in [-0.2, 0) is 0 Å². The van der Waals surface area contributed by atoms with Crippen LogP contribution in [0.15, 0.2) is 55.1 Å². The smallest absolute Gasteiger partial charge is 0.119 e. The summed E-state index contributed by atoms with van der Waals surface area (Å²) >= 11 is 0. The number of rotatable bonds is 5. The summed E-state index contributed by atoms with van der Waals surface area (Å²) in [6, 6.07) is 15.6. The second kappa shape index (κ2) is 7.95. The van der Waals surface area contributed by atoms with Crippen LogP contribution in [0.5, 0.6) is 11.5 Å². The Labute approximate surface area is 132 Å². The summed E-state index contributed by atoms with van der Waals surface area (Å²) in [6.07, 6.45) is 0. The zero-order valence-electron chi connectivity index (χ0n) is 13.1. The van der Waals surface area contributed by atoms with Crippen molar-refractivity contribution in [2.24, 2.45) is 0 Å². The molecule has 0 N–H and O–H groups in total. The molecule has 2 heteroatoms. The van der Waals surface area contributed by atoms with E-state index in [1.807, 2.05) is 62.4 Å². The van der Waals surface area contributed by atoms with Gasteiger partial charge in [-0.15, -0.1) is 0 Å². The van der Waals surface area contributed by atoms with Gasteiger partial charge in [-0.2, -0.15) is 0 Å². The van der Waals surface area contributed by atoms with E-state index in [1.54, 1.807) is 0 Å². The molecule has 0 heterocycles. The van der Waals surface area contributed by atoms with Crippen LogP contribution in [0.4, 0.5) is 0 Å². The Bertz CT molecular complexity index is 670. The van der Waals surface area contributed by atoms with Crippen LogP contribution < -0.4 is 9.47 Å². The zero-order chi connectivity index (χ0) is 15.8. The normalized spacial score (nSPS) is 9.55. The van der Waals surface area contributed by atoms with Gasteiger partial charge >= 0.3 is 0 Å². The summed E-state index contributed by atoms with van der Waals surface area (Å²) in [4.78, 5) is 0. The van der Waals surface area contributed by atoms with Gasteiger partial charge in [-0.05, 0) is 55.8 Å². The van der Waals surface area contributed by atoms with E-state index < -0.39 is 0 Å². The molecule has 112 valence electrons. The van der Waals surface area contributed by atoms with E-state index in [2.05, 4.69) is 18.4 Å². The average molecular weight is 292 g/mol. The molecular formula is C20H20O2. The molecule has 0 unspecified atom stereocenters. The average Bonchev–Trinajstić information content (AvgIpc) is 2.55. The second-order valence-corrected chi connectivity index (χ2v) is 4.64. The molecule has 0 spiro atoms. The van der Waals surface area contributed by atoms with E-state index >= 15 is 0 Å². The maximum absolute atomic E-state index is 5.42. The minimum Gasteiger partial charge on any atom is -0.494 e. The van der Waals surface area contributed by atoms with Crippen molar-refractivity contribution in [3.05, 3.63) is 66.2 Å². The first-order valence-electron chi connectivity index (χ1n) is 7.40. The predicted molar refractivity (Wildman–Crippen MR) is 91.1 cm³/mol. The van der Waals surface area contributed by atoms with Crippen LogP contribution in [0.3, 0.4) is 0 Å². The number of ether oxygens (including phenoxy) is 2. The van der Waals surface area contributed by atoms with Crippen LogP contribution in [-0.4, -0.2) is 13.2 Å². The van der Waals surface area contributed by atoms with E-state index in [0.717, 1.165) is 28.2 Å². The number of benzene rings is 2. The lowest BCUT2D eigenvalue weighted by atomic mass is 10.1. The molecule has 2 rings (SSSR count). The van der Waals surface area contributed by atoms with E-state index in [4.69, 9.17) is 9.47 Å². The Morgan fingerprint density at radius 2 is 1.36 bits per heavy atom. The first-order valence-corrected chi connectivity index (χ1v) is 7.40. The Kier molecular flexibility index (Phi) is 5.68. The molecule has 0 aliphatic carbocycles. The summed E-state index contributed by atoms with van der Waals surface area (Å²) in [5.74, 6) is 7.93. The molecule has 0 aliphatic rings. The standard InChI is InChI=1S/C20H20O2/c1-4-21-19-12-8-17(9-13-19)7-6-16(3)18-10-14-20(15-11-18)22-5-2/h8-15H,3-5H2,1-2H3. The summed E-state index contributed by atoms with van der Waals surface area (Å²) < 4.78 is 10.8. The summed E-state index contributed by atoms with van der Waals surface area (Å²) in [5, 5.41) is 0. The van der Waals surface area contributed by atoms with Crippen LogP contribution >= 0.6 is 0 Å². The van der Waals surface area contributed by atoms with Crippen molar-refractivity contribution >= 4 is 5.57 Å². The van der Waals surface area contributed by atoms with Gasteiger partial charge in [-0.3, -0.25) is 0 Å². The molecule has 0 saturated carbocycles. The first kappa shape index (κ1) is 15.7. The van der Waals surface area contributed by atoms with Crippen molar-refractivity contribution in [2.45, 2.75) is 13.8 Å². The van der Waals surface area contributed by atoms with E-state index in [-0.39, 0.29) is 0 Å². The first-order chi connectivity index (χ1) is 10.7. The monoisotopic (exact) mass is 292 g/mol. The van der Waals surface area contributed by atoms with Gasteiger partial charge in [0.25, 0.3) is 0 Å². The number of hydrogen-bond donors (Lipinski definition) is 0. The molecule has 0 aromatic heterocycles. The van der Waals surface area contributed by atoms with Crippen LogP contribution in [0.25, 0.3) is 5.57 Å². The molecule has 0 saturated heterocycles. The third kappa shape index (κ3) is 4.43. The quantitative estimate of drug-likeness (QED) is 0.753. The highest BCUT2D eigenvalue weighted by Gasteiger charge is 1.97. The molecule has 2 aromatic carbocycles. The zero-order valence-corrected chi connectivity index (χ0v) is 13.1. The minimum atomic E-state index is 0.665. The van der Waals surface area contributed by atoms with Crippen molar-refractivity contribution in [1.29, 1.82) is 0 Å². The maximum Gasteiger partial charge on any atom is 0.119 e. The molecule has 0 amide bonds. The Hall–Kier alpha value is -2.66. The fraction of sp³-hybridized carbons (Fsp3) is 0.200. The topological polar surface area (TPSA) is 18.5 Å². The van der Waals surface area contributed by atoms with E-state index in [0.29, 0.717) is 13.2 Å². The lowest BCUT2D eigenvalue weighted by molar-refractivity contribution is 0.340. The summed E-state index contributed by atoms with van der Waals surface area (Å²) in [7, 11) is 0. The van der Waals surface area contributed by atoms with Gasteiger partial charge in [-0.1, -0.05) is 30.6 Å². The highest BCUT2D eigenvalue weighted by molar-refractivity contribution is 5.78. The maximum atomic E-state index is 5.42. The van der Waals surface area contributed by atoms with Crippen molar-refractivity contribution in [1.82, 2.24) is 0 Å². The SMILES string of the molecule is C=C(C#Cc1ccc(OCC)cc1)c1ccc(OCC)cc1. The lowest BCUT2D eigenvalue weighted by Crippen LogP contribution is -1.91. The van der Waals surface area contributed by atoms with Crippen LogP contribution in [0.1, 0.15) is 25.0 Å². The number of hydrogen-bond acceptors (Lipinski definition) is 2. The highest BCUT2D eigenvalue weighted by atomic mass is 16.5. The van der Waals surface area contributed by atoms with Gasteiger partial charge in [0.05, 0.1) is 13.2 Å². The van der Waals surface area contributed by atoms with Crippen molar-refractivity contribution in [3.8, 4) is 23.3 Å². The van der Waals surface area contributed by atoms with Gasteiger partial charge in [0.1, 0.15) is 11.5 Å². The fourth-order valence-electron chi connectivity index (χ4n) is 1.94. The largest absolute Gasteiger partial charge is 0.494 e. The molecule has 0 bridgehead atoms. The highest BCUT2D eigenvalue weighted by Crippen LogP contribution is 2.17. The second-order valence-electron chi connectivity index (χ2n) is 4.64. The van der Waals surface area contributed by atoms with Crippen molar-refractivity contribution in [3.63, 3.8) is 0 Å². The molecule has 0 atom stereocenters. The van der Waals surface area contributed by atoms with Crippen LogP contribution in [0, 0.1) is 11.8 Å². The summed E-state index contributed by atoms with van der Waals surface area (Å²) in [5.41, 5.74) is 2.73. The molecule has 0 aliphatic heterocycles. The fourth-order valence-corrected chi connectivity index (χ4v) is 1.94. The molecule has 2 aromatic rings. The van der Waals surface area contributed by atoms with Gasteiger partial charge in [0.2, 0.25) is 0 Å². The van der Waals surface area contributed by atoms with Crippen LogP contribution in [0.2, 0.25) is 0 Å². The van der Waals surface area contributed by atoms with E-state index in [9.17, 15) is 0 Å². The minimum absolute atomic E-state index is 0.665. The molecule has 0 radical (unpaired) electrons. The molecule has 0 fully saturated rings. The third-order valence-corrected chi connectivity index (χ3v) is 3.04. The number of allylic oxidation sites excluding steroid dienone is 1. The van der Waals surface area contributed by atoms with Gasteiger partial charge < -0.3 is 9.47 Å². The van der Waals surface area contributed by atoms with Crippen molar-refractivity contribution in [2.75, 3.05) is 13.2 Å². The van der Waals surface area contributed by atoms with Gasteiger partial charge in [0.15, 0.2) is 0 Å². The van der Waals surface area contributed by atoms with Crippen molar-refractivity contribution < 1.29 is 9.47 Å².